The van der Waals surface area contributed by atoms with Crippen molar-refractivity contribution in [1.29, 1.82) is 0 Å². The predicted octanol–water partition coefficient (Wildman–Crippen LogP) is 4.10. The molecule has 0 bridgehead atoms. The molecule has 2 atom stereocenters. The van der Waals surface area contributed by atoms with E-state index in [9.17, 15) is 13.2 Å². The van der Waals surface area contributed by atoms with Gasteiger partial charge in [0, 0.05) is 29.6 Å². The van der Waals surface area contributed by atoms with Gasteiger partial charge in [0.1, 0.15) is 5.75 Å². The lowest BCUT2D eigenvalue weighted by Gasteiger charge is -2.20. The smallest absolute Gasteiger partial charge is 0.241 e. The van der Waals surface area contributed by atoms with Gasteiger partial charge in [-0.2, -0.15) is 4.72 Å². The summed E-state index contributed by atoms with van der Waals surface area (Å²) < 4.78 is 33.2. The van der Waals surface area contributed by atoms with Crippen molar-refractivity contribution < 1.29 is 17.9 Å². The lowest BCUT2D eigenvalue weighted by Crippen LogP contribution is -2.45. The van der Waals surface area contributed by atoms with Gasteiger partial charge >= 0.3 is 0 Å². The van der Waals surface area contributed by atoms with Crippen LogP contribution in [0.15, 0.2) is 83.9 Å². The van der Waals surface area contributed by atoms with Gasteiger partial charge in [0.05, 0.1) is 18.0 Å². The molecule has 3 aromatic carbocycles. The number of aromatic amines is 1. The minimum atomic E-state index is -3.82. The van der Waals surface area contributed by atoms with Crippen LogP contribution in [0.25, 0.3) is 10.9 Å². The van der Waals surface area contributed by atoms with Crippen molar-refractivity contribution in [3.8, 4) is 5.75 Å². The fourth-order valence-corrected chi connectivity index (χ4v) is 5.26. The minimum absolute atomic E-state index is 0.123. The van der Waals surface area contributed by atoms with Crippen LogP contribution in [0.3, 0.4) is 0 Å². The normalized spacial score (nSPS) is 13.3. The Balaban J connectivity index is 1.53. The molecule has 1 amide bonds. The Kier molecular flexibility index (Phi) is 7.23. The molecule has 1 aromatic heterocycles. The molecule has 4 rings (SSSR count). The maximum Gasteiger partial charge on any atom is 0.241 e. The molecule has 0 radical (unpaired) electrons. The molecule has 0 spiro atoms. The Hall–Kier alpha value is -3.62. The maximum atomic E-state index is 12.9. The highest BCUT2D eigenvalue weighted by atomic mass is 32.2. The number of H-pyrrole nitrogens is 1. The van der Waals surface area contributed by atoms with Crippen molar-refractivity contribution in [1.82, 2.24) is 15.0 Å². The van der Waals surface area contributed by atoms with E-state index < -0.39 is 22.0 Å². The zero-order valence-electron chi connectivity index (χ0n) is 19.9. The first-order chi connectivity index (χ1) is 16.8. The average molecular weight is 492 g/mol. The lowest BCUT2D eigenvalue weighted by atomic mass is 9.90. The number of benzene rings is 3. The molecule has 7 nitrogen and oxygen atoms in total. The van der Waals surface area contributed by atoms with Gasteiger partial charge in [0.25, 0.3) is 0 Å². The second-order valence-electron chi connectivity index (χ2n) is 8.52. The lowest BCUT2D eigenvalue weighted by molar-refractivity contribution is -0.122. The molecule has 0 aliphatic carbocycles. The molecule has 182 valence electrons. The predicted molar refractivity (Wildman–Crippen MR) is 137 cm³/mol. The second-order valence-corrected chi connectivity index (χ2v) is 10.2. The number of ether oxygens (including phenoxy) is 1. The number of rotatable bonds is 9. The molecular weight excluding hydrogens is 462 g/mol. The van der Waals surface area contributed by atoms with E-state index in [0.29, 0.717) is 6.54 Å². The molecule has 4 aromatic rings. The number of sulfonamides is 1. The summed E-state index contributed by atoms with van der Waals surface area (Å²) in [6, 6.07) is 21.3. The van der Waals surface area contributed by atoms with Crippen LogP contribution in [0.4, 0.5) is 0 Å². The molecule has 0 fully saturated rings. The number of hydrogen-bond acceptors (Lipinski definition) is 4. The van der Waals surface area contributed by atoms with Crippen molar-refractivity contribution in [2.75, 3.05) is 13.7 Å². The number of fused-ring (bicyclic) bond motifs is 1. The average Bonchev–Trinajstić information content (AvgIpc) is 3.28. The van der Waals surface area contributed by atoms with Crippen LogP contribution in [0, 0.1) is 6.92 Å². The molecule has 0 aliphatic rings. The van der Waals surface area contributed by atoms with Crippen molar-refractivity contribution >= 4 is 26.8 Å². The topological polar surface area (TPSA) is 100 Å². The van der Waals surface area contributed by atoms with Crippen LogP contribution in [0.1, 0.15) is 29.5 Å². The number of aryl methyl sites for hydroxylation is 1. The standard InChI is InChI=1S/C27H29N3O4S/c1-18-8-14-22(15-9-18)35(32,33)30-19(2)27(31)29-16-24(20-10-12-21(34-3)13-11-20)25-17-28-26-7-5-4-6-23(25)26/h4-15,17,19,24,28,30H,16H2,1-3H3,(H,29,31). The number of carbonyl (C=O) groups is 1. The number of para-hydroxylation sites is 1. The summed E-state index contributed by atoms with van der Waals surface area (Å²) in [6.07, 6.45) is 1.95. The van der Waals surface area contributed by atoms with Crippen LogP contribution in [-0.2, 0) is 14.8 Å². The van der Waals surface area contributed by atoms with Crippen LogP contribution in [0.2, 0.25) is 0 Å². The molecule has 0 aliphatic heterocycles. The van der Waals surface area contributed by atoms with E-state index in [1.807, 2.05) is 61.7 Å². The highest BCUT2D eigenvalue weighted by Gasteiger charge is 2.24. The molecule has 8 heteroatoms. The highest BCUT2D eigenvalue weighted by Crippen LogP contribution is 2.31. The SMILES string of the molecule is COc1ccc(C(CNC(=O)C(C)NS(=O)(=O)c2ccc(C)cc2)c2c[nH]c3ccccc23)cc1. The van der Waals surface area contributed by atoms with Crippen LogP contribution < -0.4 is 14.8 Å². The quantitative estimate of drug-likeness (QED) is 0.328. The second kappa shape index (κ2) is 10.3. The van der Waals surface area contributed by atoms with E-state index >= 15 is 0 Å². The number of methoxy groups -OCH3 is 1. The summed E-state index contributed by atoms with van der Waals surface area (Å²) >= 11 is 0. The molecule has 0 saturated heterocycles. The number of nitrogens with one attached hydrogen (secondary N) is 3. The van der Waals surface area contributed by atoms with Crippen molar-refractivity contribution in [2.45, 2.75) is 30.7 Å². The Bertz CT molecular complexity index is 1410. The van der Waals surface area contributed by atoms with Crippen molar-refractivity contribution in [3.05, 3.63) is 95.7 Å². The number of hydrogen-bond donors (Lipinski definition) is 3. The van der Waals surface area contributed by atoms with Crippen molar-refractivity contribution in [2.24, 2.45) is 0 Å². The molecule has 3 N–H and O–H groups in total. The fourth-order valence-electron chi connectivity index (χ4n) is 4.05. The molecule has 35 heavy (non-hydrogen) atoms. The Morgan fingerprint density at radius 1 is 1.00 bits per heavy atom. The first-order valence-electron chi connectivity index (χ1n) is 11.3. The first kappa shape index (κ1) is 24.5. The maximum absolute atomic E-state index is 12.9. The number of aromatic nitrogens is 1. The Morgan fingerprint density at radius 2 is 1.69 bits per heavy atom. The summed E-state index contributed by atoms with van der Waals surface area (Å²) in [4.78, 5) is 16.3. The van der Waals surface area contributed by atoms with Gasteiger partial charge in [0.2, 0.25) is 15.9 Å². The highest BCUT2D eigenvalue weighted by molar-refractivity contribution is 7.89. The van der Waals surface area contributed by atoms with Gasteiger partial charge in [-0.1, -0.05) is 48.0 Å². The van der Waals surface area contributed by atoms with Crippen LogP contribution in [-0.4, -0.2) is 39.0 Å². The van der Waals surface area contributed by atoms with E-state index in [0.717, 1.165) is 33.3 Å². The van der Waals surface area contributed by atoms with E-state index in [1.165, 1.54) is 19.1 Å². The summed E-state index contributed by atoms with van der Waals surface area (Å²) in [7, 11) is -2.20. The van der Waals surface area contributed by atoms with Crippen LogP contribution in [0.5, 0.6) is 5.75 Å². The largest absolute Gasteiger partial charge is 0.497 e. The van der Waals surface area contributed by atoms with Gasteiger partial charge in [-0.3, -0.25) is 4.79 Å². The van der Waals surface area contributed by atoms with E-state index in [-0.39, 0.29) is 10.8 Å². The Morgan fingerprint density at radius 3 is 2.37 bits per heavy atom. The monoisotopic (exact) mass is 491 g/mol. The van der Waals surface area contributed by atoms with E-state index in [4.69, 9.17) is 4.74 Å². The van der Waals surface area contributed by atoms with Gasteiger partial charge in [0.15, 0.2) is 0 Å². The van der Waals surface area contributed by atoms with E-state index in [2.05, 4.69) is 15.0 Å². The first-order valence-corrected chi connectivity index (χ1v) is 12.8. The van der Waals surface area contributed by atoms with Crippen molar-refractivity contribution in [3.63, 3.8) is 0 Å². The summed E-state index contributed by atoms with van der Waals surface area (Å²) in [5, 5.41) is 4.00. The zero-order chi connectivity index (χ0) is 25.0. The summed E-state index contributed by atoms with van der Waals surface area (Å²) in [5.41, 5.74) is 4.01. The number of amides is 1. The fraction of sp³-hybridized carbons (Fsp3) is 0.222. The third-order valence-corrected chi connectivity index (χ3v) is 7.61. The molecule has 1 heterocycles. The van der Waals surface area contributed by atoms with Gasteiger partial charge < -0.3 is 15.0 Å². The number of carbonyl (C=O) groups excluding carboxylic acids is 1. The molecular formula is C27H29N3O4S. The van der Waals surface area contributed by atoms with E-state index in [1.54, 1.807) is 19.2 Å². The van der Waals surface area contributed by atoms with Gasteiger partial charge in [-0.05, 0) is 55.3 Å². The van der Waals surface area contributed by atoms with Gasteiger partial charge in [-0.15, -0.1) is 0 Å². The third-order valence-electron chi connectivity index (χ3n) is 6.05. The zero-order valence-corrected chi connectivity index (χ0v) is 20.7. The summed E-state index contributed by atoms with van der Waals surface area (Å²) in [5.74, 6) is 0.190. The van der Waals surface area contributed by atoms with Crippen LogP contribution >= 0.6 is 0 Å². The summed E-state index contributed by atoms with van der Waals surface area (Å²) in [6.45, 7) is 3.71. The molecule has 0 saturated carbocycles. The molecule has 2 unspecified atom stereocenters. The third kappa shape index (κ3) is 5.55. The minimum Gasteiger partial charge on any atom is -0.497 e. The Labute approximate surface area is 205 Å². The van der Waals surface area contributed by atoms with Gasteiger partial charge in [-0.25, -0.2) is 8.42 Å².